The number of hydrogen-bond acceptors (Lipinski definition) is 3. The minimum absolute atomic E-state index is 0.0626. The van der Waals surface area contributed by atoms with Crippen molar-refractivity contribution in [1.29, 1.82) is 0 Å². The highest BCUT2D eigenvalue weighted by atomic mass is 16.5. The number of amides is 1. The fourth-order valence-electron chi connectivity index (χ4n) is 3.45. The van der Waals surface area contributed by atoms with E-state index in [-0.39, 0.29) is 11.9 Å². The second-order valence-corrected chi connectivity index (χ2v) is 6.33. The minimum atomic E-state index is -0.0626. The zero-order valence-corrected chi connectivity index (χ0v) is 13.6. The average molecular weight is 323 g/mol. The van der Waals surface area contributed by atoms with Crippen LogP contribution >= 0.6 is 0 Å². The van der Waals surface area contributed by atoms with E-state index < -0.39 is 0 Å². The van der Waals surface area contributed by atoms with Crippen molar-refractivity contribution in [3.63, 3.8) is 0 Å². The van der Waals surface area contributed by atoms with E-state index in [1.54, 1.807) is 12.1 Å². The van der Waals surface area contributed by atoms with Crippen molar-refractivity contribution in [3.05, 3.63) is 59.2 Å². The maximum absolute atomic E-state index is 12.7. The van der Waals surface area contributed by atoms with E-state index >= 15 is 0 Å². The van der Waals surface area contributed by atoms with Crippen LogP contribution < -0.4 is 14.8 Å². The Kier molecular flexibility index (Phi) is 4.11. The lowest BCUT2D eigenvalue weighted by Crippen LogP contribution is -2.30. The first-order valence-corrected chi connectivity index (χ1v) is 8.59. The molecule has 4 heteroatoms. The van der Waals surface area contributed by atoms with E-state index in [1.165, 1.54) is 11.1 Å². The van der Waals surface area contributed by atoms with Crippen LogP contribution in [0, 0.1) is 0 Å². The van der Waals surface area contributed by atoms with Gasteiger partial charge in [-0.15, -0.1) is 0 Å². The van der Waals surface area contributed by atoms with Crippen molar-refractivity contribution in [2.24, 2.45) is 0 Å². The van der Waals surface area contributed by atoms with E-state index in [2.05, 4.69) is 23.5 Å². The van der Waals surface area contributed by atoms with Gasteiger partial charge in [-0.25, -0.2) is 0 Å². The first-order chi connectivity index (χ1) is 11.8. The molecule has 1 N–H and O–H groups in total. The largest absolute Gasteiger partial charge is 0.490 e. The van der Waals surface area contributed by atoms with Gasteiger partial charge in [0.1, 0.15) is 0 Å². The number of hydrogen-bond donors (Lipinski definition) is 1. The highest BCUT2D eigenvalue weighted by molar-refractivity contribution is 5.95. The number of carbonyl (C=O) groups excluding carboxylic acids is 1. The van der Waals surface area contributed by atoms with E-state index in [0.717, 1.165) is 25.7 Å². The number of rotatable bonds is 2. The number of fused-ring (bicyclic) bond motifs is 2. The number of ether oxygens (including phenoxy) is 2. The molecule has 1 atom stereocenters. The first-order valence-electron chi connectivity index (χ1n) is 8.59. The topological polar surface area (TPSA) is 47.6 Å². The number of aryl methyl sites for hydroxylation is 1. The molecule has 124 valence electrons. The Hall–Kier alpha value is -2.49. The standard InChI is InChI=1S/C20H21NO3/c22-20(15-9-10-18-19(13-15)24-12-4-11-23-18)21-17-8-3-6-14-5-1-2-7-16(14)17/h1-2,5,7,9-10,13,17H,3-4,6,8,11-12H2,(H,21,22)/t17-/m1/s1. The quantitative estimate of drug-likeness (QED) is 0.917. The third-order valence-corrected chi connectivity index (χ3v) is 4.68. The Morgan fingerprint density at radius 3 is 2.75 bits per heavy atom. The van der Waals surface area contributed by atoms with Crippen molar-refractivity contribution >= 4 is 5.91 Å². The molecule has 24 heavy (non-hydrogen) atoms. The molecule has 0 unspecified atom stereocenters. The molecule has 1 aliphatic heterocycles. The van der Waals surface area contributed by atoms with Gasteiger partial charge in [0.15, 0.2) is 11.5 Å². The summed E-state index contributed by atoms with van der Waals surface area (Å²) in [5.41, 5.74) is 3.20. The molecule has 2 aromatic rings. The van der Waals surface area contributed by atoms with Crippen LogP contribution in [0.25, 0.3) is 0 Å². The zero-order chi connectivity index (χ0) is 16.4. The third kappa shape index (κ3) is 2.96. The summed E-state index contributed by atoms with van der Waals surface area (Å²) in [6, 6.07) is 13.9. The fourth-order valence-corrected chi connectivity index (χ4v) is 3.45. The molecule has 0 fully saturated rings. The Morgan fingerprint density at radius 2 is 1.83 bits per heavy atom. The summed E-state index contributed by atoms with van der Waals surface area (Å²) in [5, 5.41) is 3.18. The van der Waals surface area contributed by atoms with Crippen molar-refractivity contribution in [2.45, 2.75) is 31.7 Å². The van der Waals surface area contributed by atoms with Crippen LogP contribution in [0.15, 0.2) is 42.5 Å². The molecule has 2 aliphatic rings. The Bertz CT molecular complexity index is 756. The summed E-state index contributed by atoms with van der Waals surface area (Å²) < 4.78 is 11.3. The molecule has 0 saturated carbocycles. The second-order valence-electron chi connectivity index (χ2n) is 6.33. The maximum Gasteiger partial charge on any atom is 0.251 e. The van der Waals surface area contributed by atoms with Crippen molar-refractivity contribution in [3.8, 4) is 11.5 Å². The van der Waals surface area contributed by atoms with Crippen LogP contribution in [-0.4, -0.2) is 19.1 Å². The normalized spacial score (nSPS) is 19.1. The molecule has 4 rings (SSSR count). The molecule has 0 saturated heterocycles. The highest BCUT2D eigenvalue weighted by Crippen LogP contribution is 2.32. The van der Waals surface area contributed by atoms with Crippen molar-refractivity contribution < 1.29 is 14.3 Å². The van der Waals surface area contributed by atoms with Gasteiger partial charge in [-0.2, -0.15) is 0 Å². The van der Waals surface area contributed by atoms with E-state index in [4.69, 9.17) is 9.47 Å². The maximum atomic E-state index is 12.7. The molecule has 0 aromatic heterocycles. The zero-order valence-electron chi connectivity index (χ0n) is 13.6. The molecule has 1 amide bonds. The van der Waals surface area contributed by atoms with Crippen LogP contribution in [0.1, 0.15) is 46.8 Å². The van der Waals surface area contributed by atoms with Crippen LogP contribution in [0.2, 0.25) is 0 Å². The van der Waals surface area contributed by atoms with E-state index in [9.17, 15) is 4.79 Å². The van der Waals surface area contributed by atoms with E-state index in [0.29, 0.717) is 30.3 Å². The number of nitrogens with one attached hydrogen (secondary N) is 1. The van der Waals surface area contributed by atoms with Gasteiger partial charge in [-0.1, -0.05) is 24.3 Å². The van der Waals surface area contributed by atoms with Crippen LogP contribution in [-0.2, 0) is 6.42 Å². The predicted molar refractivity (Wildman–Crippen MR) is 91.6 cm³/mol. The molecular weight excluding hydrogens is 302 g/mol. The predicted octanol–water partition coefficient (Wildman–Crippen LogP) is 3.66. The lowest BCUT2D eigenvalue weighted by molar-refractivity contribution is 0.0932. The van der Waals surface area contributed by atoms with Crippen molar-refractivity contribution in [1.82, 2.24) is 5.32 Å². The molecule has 0 bridgehead atoms. The molecular formula is C20H21NO3. The lowest BCUT2D eigenvalue weighted by atomic mass is 9.87. The number of carbonyl (C=O) groups is 1. The monoisotopic (exact) mass is 323 g/mol. The third-order valence-electron chi connectivity index (χ3n) is 4.68. The summed E-state index contributed by atoms with van der Waals surface area (Å²) in [5.74, 6) is 1.31. The summed E-state index contributed by atoms with van der Waals surface area (Å²) in [6.45, 7) is 1.27. The van der Waals surface area contributed by atoms with Crippen LogP contribution in [0.3, 0.4) is 0 Å². The Labute approximate surface area is 141 Å². The second kappa shape index (κ2) is 6.56. The molecule has 4 nitrogen and oxygen atoms in total. The summed E-state index contributed by atoms with van der Waals surface area (Å²) in [6.07, 6.45) is 4.03. The smallest absolute Gasteiger partial charge is 0.251 e. The van der Waals surface area contributed by atoms with Crippen molar-refractivity contribution in [2.75, 3.05) is 13.2 Å². The van der Waals surface area contributed by atoms with Crippen LogP contribution in [0.4, 0.5) is 0 Å². The minimum Gasteiger partial charge on any atom is -0.490 e. The van der Waals surface area contributed by atoms with Gasteiger partial charge in [-0.3, -0.25) is 4.79 Å². The molecule has 2 aromatic carbocycles. The van der Waals surface area contributed by atoms with Gasteiger partial charge in [0, 0.05) is 12.0 Å². The summed E-state index contributed by atoms with van der Waals surface area (Å²) >= 11 is 0. The molecule has 1 heterocycles. The summed E-state index contributed by atoms with van der Waals surface area (Å²) in [7, 11) is 0. The molecule has 1 aliphatic carbocycles. The van der Waals surface area contributed by atoms with E-state index in [1.807, 2.05) is 12.1 Å². The molecule has 0 spiro atoms. The van der Waals surface area contributed by atoms with Gasteiger partial charge >= 0.3 is 0 Å². The Balaban J connectivity index is 1.54. The summed E-state index contributed by atoms with van der Waals surface area (Å²) in [4.78, 5) is 12.7. The Morgan fingerprint density at radius 1 is 1.00 bits per heavy atom. The van der Waals surface area contributed by atoms with Gasteiger partial charge < -0.3 is 14.8 Å². The van der Waals surface area contributed by atoms with Gasteiger partial charge in [0.05, 0.1) is 19.3 Å². The van der Waals surface area contributed by atoms with Gasteiger partial charge in [0.25, 0.3) is 5.91 Å². The lowest BCUT2D eigenvalue weighted by Gasteiger charge is -2.26. The number of benzene rings is 2. The van der Waals surface area contributed by atoms with Gasteiger partial charge in [0.2, 0.25) is 0 Å². The van der Waals surface area contributed by atoms with Gasteiger partial charge in [-0.05, 0) is 48.6 Å². The molecule has 0 radical (unpaired) electrons. The SMILES string of the molecule is O=C(N[C@@H]1CCCc2ccccc21)c1ccc2c(c1)OCCCO2. The fraction of sp³-hybridized carbons (Fsp3) is 0.350. The van der Waals surface area contributed by atoms with Crippen LogP contribution in [0.5, 0.6) is 11.5 Å². The first kappa shape index (κ1) is 15.1. The highest BCUT2D eigenvalue weighted by Gasteiger charge is 2.22. The average Bonchev–Trinajstić information content (AvgIpc) is 2.86.